The van der Waals surface area contributed by atoms with E-state index in [9.17, 15) is 4.79 Å². The molecule has 0 aliphatic heterocycles. The SMILES string of the molecule is CCCCCCCC/C=C\CCCCCCCC(=O)O.OCC(O)CO. The summed E-state index contributed by atoms with van der Waals surface area (Å²) in [5, 5.41) is 32.5. The maximum absolute atomic E-state index is 10.3. The summed E-state index contributed by atoms with van der Waals surface area (Å²) >= 11 is 0. The highest BCUT2D eigenvalue weighted by atomic mass is 16.4. The van der Waals surface area contributed by atoms with E-state index in [1.165, 1.54) is 70.6 Å². The smallest absolute Gasteiger partial charge is 0.303 e. The van der Waals surface area contributed by atoms with Crippen LogP contribution in [0.3, 0.4) is 0 Å². The van der Waals surface area contributed by atoms with Crippen molar-refractivity contribution in [3.8, 4) is 0 Å². The zero-order valence-corrected chi connectivity index (χ0v) is 16.7. The van der Waals surface area contributed by atoms with Crippen LogP contribution in [0, 0.1) is 0 Å². The molecule has 0 bridgehead atoms. The number of unbranched alkanes of at least 4 members (excludes halogenated alkanes) is 11. The molecule has 0 radical (unpaired) electrons. The second-order valence-corrected chi connectivity index (χ2v) is 6.75. The number of hydrogen-bond acceptors (Lipinski definition) is 4. The maximum Gasteiger partial charge on any atom is 0.303 e. The van der Waals surface area contributed by atoms with Crippen LogP contribution < -0.4 is 0 Å². The van der Waals surface area contributed by atoms with E-state index in [1.807, 2.05) is 0 Å². The van der Waals surface area contributed by atoms with Crippen LogP contribution >= 0.6 is 0 Å². The van der Waals surface area contributed by atoms with Crippen molar-refractivity contribution in [2.45, 2.75) is 103 Å². The summed E-state index contributed by atoms with van der Waals surface area (Å²) in [6, 6.07) is 0. The van der Waals surface area contributed by atoms with Gasteiger partial charge in [0.1, 0.15) is 6.10 Å². The zero-order chi connectivity index (χ0) is 19.9. The maximum atomic E-state index is 10.3. The topological polar surface area (TPSA) is 98.0 Å². The van der Waals surface area contributed by atoms with Crippen molar-refractivity contribution in [3.63, 3.8) is 0 Å². The van der Waals surface area contributed by atoms with Crippen LogP contribution in [0.4, 0.5) is 0 Å². The molecule has 0 aliphatic rings. The van der Waals surface area contributed by atoms with Crippen molar-refractivity contribution in [1.82, 2.24) is 0 Å². The van der Waals surface area contributed by atoms with Gasteiger partial charge in [-0.3, -0.25) is 4.79 Å². The molecule has 0 unspecified atom stereocenters. The number of aliphatic carboxylic acids is 1. The van der Waals surface area contributed by atoms with Crippen molar-refractivity contribution in [3.05, 3.63) is 12.2 Å². The molecule has 0 aromatic carbocycles. The summed E-state index contributed by atoms with van der Waals surface area (Å²) in [4.78, 5) is 10.3. The first-order valence-electron chi connectivity index (χ1n) is 10.3. The Morgan fingerprint density at radius 3 is 1.58 bits per heavy atom. The van der Waals surface area contributed by atoms with Crippen molar-refractivity contribution in [2.24, 2.45) is 0 Å². The Bertz CT molecular complexity index is 301. The van der Waals surface area contributed by atoms with Crippen LogP contribution in [-0.4, -0.2) is 45.7 Å². The van der Waals surface area contributed by atoms with Gasteiger partial charge in [-0.1, -0.05) is 70.4 Å². The standard InChI is InChI=1S/C18H34O2.C3H8O3/c1-2-3-4-5-6-7-8-9-10-11-12-13-14-15-16-17-18(19)20;4-1-3(6)2-5/h9-10H,2-8,11-17H2,1H3,(H,19,20);3-6H,1-2H2/b10-9-;. The molecule has 156 valence electrons. The molecule has 0 aromatic heterocycles. The summed E-state index contributed by atoms with van der Waals surface area (Å²) in [7, 11) is 0. The highest BCUT2D eigenvalue weighted by molar-refractivity contribution is 5.66. The predicted octanol–water partition coefficient (Wildman–Crippen LogP) is 4.44. The molecule has 5 heteroatoms. The fraction of sp³-hybridized carbons (Fsp3) is 0.857. The van der Waals surface area contributed by atoms with Crippen LogP contribution in [0.1, 0.15) is 96.8 Å². The lowest BCUT2D eigenvalue weighted by atomic mass is 10.1. The number of hydrogen-bond donors (Lipinski definition) is 4. The largest absolute Gasteiger partial charge is 0.481 e. The third-order valence-corrected chi connectivity index (χ3v) is 4.07. The van der Waals surface area contributed by atoms with E-state index in [2.05, 4.69) is 19.1 Å². The van der Waals surface area contributed by atoms with Crippen molar-refractivity contribution < 1.29 is 25.2 Å². The summed E-state index contributed by atoms with van der Waals surface area (Å²) in [5.74, 6) is -0.664. The molecule has 5 nitrogen and oxygen atoms in total. The quantitative estimate of drug-likeness (QED) is 0.223. The zero-order valence-electron chi connectivity index (χ0n) is 16.7. The Morgan fingerprint density at radius 1 is 0.769 bits per heavy atom. The van der Waals surface area contributed by atoms with Gasteiger partial charge in [-0.25, -0.2) is 0 Å². The third-order valence-electron chi connectivity index (χ3n) is 4.07. The van der Waals surface area contributed by atoms with Gasteiger partial charge in [0, 0.05) is 6.42 Å². The summed E-state index contributed by atoms with van der Waals surface area (Å²) in [6.45, 7) is 1.53. The van der Waals surface area contributed by atoms with E-state index in [1.54, 1.807) is 0 Å². The van der Waals surface area contributed by atoms with Gasteiger partial charge in [-0.05, 0) is 32.1 Å². The average molecular weight is 375 g/mol. The molecule has 0 heterocycles. The Hall–Kier alpha value is -0.910. The van der Waals surface area contributed by atoms with E-state index >= 15 is 0 Å². The molecule has 0 saturated heterocycles. The lowest BCUT2D eigenvalue weighted by Gasteiger charge is -1.99. The number of carbonyl (C=O) groups is 1. The van der Waals surface area contributed by atoms with Gasteiger partial charge >= 0.3 is 5.97 Å². The Kier molecular flexibility index (Phi) is 25.3. The van der Waals surface area contributed by atoms with Gasteiger partial charge < -0.3 is 20.4 Å². The fourth-order valence-electron chi connectivity index (χ4n) is 2.40. The number of rotatable bonds is 17. The van der Waals surface area contributed by atoms with E-state index in [0.29, 0.717) is 6.42 Å². The molecule has 0 spiro atoms. The number of allylic oxidation sites excluding steroid dienone is 2. The molecule has 0 aromatic rings. The number of carboxylic acid groups (broad SMARTS) is 1. The van der Waals surface area contributed by atoms with Crippen molar-refractivity contribution in [2.75, 3.05) is 13.2 Å². The first-order valence-corrected chi connectivity index (χ1v) is 10.3. The molecular weight excluding hydrogens is 332 g/mol. The first kappa shape index (κ1) is 27.3. The molecule has 0 atom stereocenters. The summed E-state index contributed by atoms with van der Waals surface area (Å²) in [5.41, 5.74) is 0. The second kappa shape index (κ2) is 24.1. The van der Waals surface area contributed by atoms with Crippen LogP contribution in [0.2, 0.25) is 0 Å². The van der Waals surface area contributed by atoms with Crippen molar-refractivity contribution >= 4 is 5.97 Å². The van der Waals surface area contributed by atoms with Crippen LogP contribution in [0.5, 0.6) is 0 Å². The lowest BCUT2D eigenvalue weighted by molar-refractivity contribution is -0.137. The van der Waals surface area contributed by atoms with Crippen LogP contribution in [0.25, 0.3) is 0 Å². The van der Waals surface area contributed by atoms with E-state index in [-0.39, 0.29) is 13.2 Å². The Morgan fingerprint density at radius 2 is 1.19 bits per heavy atom. The number of carboxylic acids is 1. The molecule has 0 fully saturated rings. The van der Waals surface area contributed by atoms with Gasteiger partial charge in [0.15, 0.2) is 0 Å². The van der Waals surface area contributed by atoms with Gasteiger partial charge in [0.05, 0.1) is 13.2 Å². The molecule has 26 heavy (non-hydrogen) atoms. The van der Waals surface area contributed by atoms with Gasteiger partial charge in [0.25, 0.3) is 0 Å². The summed E-state index contributed by atoms with van der Waals surface area (Å²) < 4.78 is 0. The van der Waals surface area contributed by atoms with E-state index in [0.717, 1.165) is 12.8 Å². The molecule has 4 N–H and O–H groups in total. The van der Waals surface area contributed by atoms with Gasteiger partial charge in [0.2, 0.25) is 0 Å². The number of aliphatic hydroxyl groups excluding tert-OH is 3. The normalized spacial score (nSPS) is 11.0. The van der Waals surface area contributed by atoms with Crippen molar-refractivity contribution in [1.29, 1.82) is 0 Å². The first-order chi connectivity index (χ1) is 12.6. The highest BCUT2D eigenvalue weighted by Crippen LogP contribution is 2.09. The average Bonchev–Trinajstić information content (AvgIpc) is 2.64. The van der Waals surface area contributed by atoms with E-state index in [4.69, 9.17) is 20.4 Å². The monoisotopic (exact) mass is 374 g/mol. The van der Waals surface area contributed by atoms with E-state index < -0.39 is 12.1 Å². The molecule has 0 aliphatic carbocycles. The highest BCUT2D eigenvalue weighted by Gasteiger charge is 1.96. The minimum atomic E-state index is -0.954. The predicted molar refractivity (Wildman–Crippen MR) is 107 cm³/mol. The Labute approximate surface area is 160 Å². The third kappa shape index (κ3) is 27.9. The second-order valence-electron chi connectivity index (χ2n) is 6.75. The number of aliphatic hydroxyl groups is 3. The minimum absolute atomic E-state index is 0.332. The minimum Gasteiger partial charge on any atom is -0.481 e. The fourth-order valence-corrected chi connectivity index (χ4v) is 2.40. The van der Waals surface area contributed by atoms with Crippen LogP contribution in [-0.2, 0) is 4.79 Å². The van der Waals surface area contributed by atoms with Gasteiger partial charge in [-0.2, -0.15) is 0 Å². The molecular formula is C21H42O5. The molecule has 0 saturated carbocycles. The summed E-state index contributed by atoms with van der Waals surface area (Å²) in [6.07, 6.45) is 20.3. The Balaban J connectivity index is 0. The van der Waals surface area contributed by atoms with Gasteiger partial charge in [-0.15, -0.1) is 0 Å². The molecule has 0 amide bonds. The molecule has 0 rings (SSSR count). The lowest BCUT2D eigenvalue weighted by Crippen LogP contribution is -2.15. The van der Waals surface area contributed by atoms with Crippen LogP contribution in [0.15, 0.2) is 12.2 Å².